The van der Waals surface area contributed by atoms with Gasteiger partial charge in [0.25, 0.3) is 15.0 Å². The fourth-order valence-corrected chi connectivity index (χ4v) is 4.26. The van der Waals surface area contributed by atoms with E-state index in [1.165, 1.54) is 11.4 Å². The van der Waals surface area contributed by atoms with Crippen molar-refractivity contribution in [3.63, 3.8) is 0 Å². The number of hydrogen-bond donors (Lipinski definition) is 1. The Labute approximate surface area is 129 Å². The van der Waals surface area contributed by atoms with Gasteiger partial charge < -0.3 is 5.32 Å². The standard InChI is InChI=1S/C13H20ClNO3S2/c1-12(2,3)8-13(4,5)15-11(16)9-6-10(19-7-9)20(14,17)18/h6-7H,8H2,1-5H3,(H,15,16). The number of hydrogen-bond acceptors (Lipinski definition) is 4. The van der Waals surface area contributed by atoms with Crippen molar-refractivity contribution in [2.24, 2.45) is 5.41 Å². The lowest BCUT2D eigenvalue weighted by atomic mass is 9.81. The topological polar surface area (TPSA) is 63.2 Å². The van der Waals surface area contributed by atoms with Gasteiger partial charge in [-0.2, -0.15) is 0 Å². The lowest BCUT2D eigenvalue weighted by molar-refractivity contribution is 0.0892. The molecule has 0 saturated carbocycles. The van der Waals surface area contributed by atoms with Crippen molar-refractivity contribution in [1.82, 2.24) is 5.32 Å². The monoisotopic (exact) mass is 337 g/mol. The summed E-state index contributed by atoms with van der Waals surface area (Å²) in [7, 11) is 1.47. The summed E-state index contributed by atoms with van der Waals surface area (Å²) in [6.45, 7) is 10.2. The van der Waals surface area contributed by atoms with Crippen molar-refractivity contribution < 1.29 is 13.2 Å². The second kappa shape index (κ2) is 5.66. The molecule has 0 aliphatic carbocycles. The highest BCUT2D eigenvalue weighted by Crippen LogP contribution is 2.28. The molecule has 20 heavy (non-hydrogen) atoms. The first-order valence-electron chi connectivity index (χ1n) is 6.16. The number of thiophene rings is 1. The van der Waals surface area contributed by atoms with Gasteiger partial charge in [-0.15, -0.1) is 11.3 Å². The molecule has 0 aliphatic rings. The number of halogens is 1. The van der Waals surface area contributed by atoms with Crippen LogP contribution in [0.4, 0.5) is 0 Å². The van der Waals surface area contributed by atoms with Crippen LogP contribution in [0.15, 0.2) is 15.7 Å². The SMILES string of the molecule is CC(C)(C)CC(C)(C)NC(=O)c1csc(S(=O)(=O)Cl)c1. The van der Waals surface area contributed by atoms with E-state index in [9.17, 15) is 13.2 Å². The van der Waals surface area contributed by atoms with Gasteiger partial charge >= 0.3 is 0 Å². The van der Waals surface area contributed by atoms with Crippen molar-refractivity contribution in [1.29, 1.82) is 0 Å². The van der Waals surface area contributed by atoms with Crippen molar-refractivity contribution >= 4 is 37.0 Å². The van der Waals surface area contributed by atoms with E-state index in [2.05, 4.69) is 26.1 Å². The largest absolute Gasteiger partial charge is 0.347 e. The van der Waals surface area contributed by atoms with Crippen molar-refractivity contribution in [2.75, 3.05) is 0 Å². The van der Waals surface area contributed by atoms with Crippen LogP contribution in [0.2, 0.25) is 0 Å². The summed E-state index contributed by atoms with van der Waals surface area (Å²) in [6.07, 6.45) is 0.802. The minimum absolute atomic E-state index is 0.0158. The Bertz CT molecular complexity index is 597. The minimum Gasteiger partial charge on any atom is -0.347 e. The third-order valence-electron chi connectivity index (χ3n) is 2.50. The number of carbonyl (C=O) groups excluding carboxylic acids is 1. The van der Waals surface area contributed by atoms with Crippen LogP contribution >= 0.6 is 22.0 Å². The summed E-state index contributed by atoms with van der Waals surface area (Å²) in [5, 5.41) is 4.42. The quantitative estimate of drug-likeness (QED) is 0.853. The Morgan fingerprint density at radius 2 is 1.85 bits per heavy atom. The van der Waals surface area contributed by atoms with Gasteiger partial charge in [-0.05, 0) is 31.7 Å². The van der Waals surface area contributed by atoms with E-state index in [4.69, 9.17) is 10.7 Å². The third-order valence-corrected chi connectivity index (χ3v) is 5.54. The molecule has 1 amide bonds. The summed E-state index contributed by atoms with van der Waals surface area (Å²) in [4.78, 5) is 12.1. The predicted octanol–water partition coefficient (Wildman–Crippen LogP) is 3.62. The normalized spacial score (nSPS) is 13.3. The maximum absolute atomic E-state index is 12.1. The summed E-state index contributed by atoms with van der Waals surface area (Å²) >= 11 is 0.943. The molecule has 1 rings (SSSR count). The predicted molar refractivity (Wildman–Crippen MR) is 83.0 cm³/mol. The average molecular weight is 338 g/mol. The van der Waals surface area contributed by atoms with Crippen molar-refractivity contribution in [3.8, 4) is 0 Å². The van der Waals surface area contributed by atoms with Gasteiger partial charge in [-0.1, -0.05) is 20.8 Å². The fraction of sp³-hybridized carbons (Fsp3) is 0.615. The molecule has 1 aromatic heterocycles. The van der Waals surface area contributed by atoms with Gasteiger partial charge in [0.1, 0.15) is 4.21 Å². The molecule has 0 aliphatic heterocycles. The zero-order chi connectivity index (χ0) is 15.8. The molecule has 0 radical (unpaired) electrons. The molecular formula is C13H20ClNO3S2. The Morgan fingerprint density at radius 1 is 1.30 bits per heavy atom. The van der Waals surface area contributed by atoms with E-state index >= 15 is 0 Å². The minimum atomic E-state index is -3.78. The smallest absolute Gasteiger partial charge is 0.270 e. The average Bonchev–Trinajstić information content (AvgIpc) is 2.59. The zero-order valence-electron chi connectivity index (χ0n) is 12.3. The molecule has 0 saturated heterocycles. The highest BCUT2D eigenvalue weighted by atomic mass is 35.7. The number of carbonyl (C=O) groups is 1. The molecule has 1 N–H and O–H groups in total. The molecule has 0 atom stereocenters. The molecule has 0 bridgehead atoms. The second-order valence-electron chi connectivity index (χ2n) is 6.67. The van der Waals surface area contributed by atoms with E-state index in [-0.39, 0.29) is 21.1 Å². The maximum Gasteiger partial charge on any atom is 0.270 e. The van der Waals surface area contributed by atoms with Gasteiger partial charge in [0, 0.05) is 21.6 Å². The molecule has 1 aromatic rings. The van der Waals surface area contributed by atoms with Crippen molar-refractivity contribution in [3.05, 3.63) is 17.0 Å². The molecule has 7 heteroatoms. The van der Waals surface area contributed by atoms with Crippen molar-refractivity contribution in [2.45, 2.75) is 50.8 Å². The Hall–Kier alpha value is -0.590. The third kappa shape index (κ3) is 5.42. The van der Waals surface area contributed by atoms with Crippen LogP contribution in [-0.2, 0) is 9.05 Å². The van der Waals surface area contributed by atoms with E-state index in [0.29, 0.717) is 5.56 Å². The highest BCUT2D eigenvalue weighted by molar-refractivity contribution is 8.15. The second-order valence-corrected chi connectivity index (χ2v) is 10.4. The molecule has 114 valence electrons. The van der Waals surface area contributed by atoms with Crippen LogP contribution in [0.3, 0.4) is 0 Å². The Morgan fingerprint density at radius 3 is 2.25 bits per heavy atom. The summed E-state index contributed by atoms with van der Waals surface area (Å²) < 4.78 is 22.4. The molecule has 0 unspecified atom stereocenters. The fourth-order valence-electron chi connectivity index (χ4n) is 2.31. The Balaban J connectivity index is 2.84. The Kier molecular flexibility index (Phi) is 4.94. The van der Waals surface area contributed by atoms with Crippen LogP contribution in [-0.4, -0.2) is 19.9 Å². The molecule has 4 nitrogen and oxygen atoms in total. The number of rotatable bonds is 4. The first-order chi connectivity index (χ1) is 8.80. The molecular weight excluding hydrogens is 318 g/mol. The van der Waals surface area contributed by atoms with Gasteiger partial charge in [-0.25, -0.2) is 8.42 Å². The zero-order valence-corrected chi connectivity index (χ0v) is 14.7. The molecule has 0 spiro atoms. The van der Waals surface area contributed by atoms with Gasteiger partial charge in [-0.3, -0.25) is 4.79 Å². The highest BCUT2D eigenvalue weighted by Gasteiger charge is 2.28. The van der Waals surface area contributed by atoms with E-state index in [1.807, 2.05) is 13.8 Å². The summed E-state index contributed by atoms with van der Waals surface area (Å²) in [5.74, 6) is -0.290. The van der Waals surface area contributed by atoms with Crippen LogP contribution in [0.25, 0.3) is 0 Å². The summed E-state index contributed by atoms with van der Waals surface area (Å²) in [6, 6.07) is 1.30. The van der Waals surface area contributed by atoms with Crippen LogP contribution in [0.1, 0.15) is 51.4 Å². The number of amides is 1. The molecule has 0 aromatic carbocycles. The maximum atomic E-state index is 12.1. The molecule has 1 heterocycles. The molecule has 0 fully saturated rings. The van der Waals surface area contributed by atoms with Crippen LogP contribution < -0.4 is 5.32 Å². The van der Waals surface area contributed by atoms with E-state index in [0.717, 1.165) is 17.8 Å². The lowest BCUT2D eigenvalue weighted by Crippen LogP contribution is -2.45. The van der Waals surface area contributed by atoms with Crippen LogP contribution in [0.5, 0.6) is 0 Å². The lowest BCUT2D eigenvalue weighted by Gasteiger charge is -2.33. The summed E-state index contributed by atoms with van der Waals surface area (Å²) in [5.41, 5.74) is 0.0177. The van der Waals surface area contributed by atoms with E-state index < -0.39 is 9.05 Å². The van der Waals surface area contributed by atoms with Crippen LogP contribution in [0, 0.1) is 5.41 Å². The first kappa shape index (κ1) is 17.5. The van der Waals surface area contributed by atoms with Gasteiger partial charge in [0.2, 0.25) is 0 Å². The first-order valence-corrected chi connectivity index (χ1v) is 9.35. The number of nitrogens with one attached hydrogen (secondary N) is 1. The van der Waals surface area contributed by atoms with Gasteiger partial charge in [0.05, 0.1) is 5.56 Å². The van der Waals surface area contributed by atoms with E-state index in [1.54, 1.807) is 0 Å². The van der Waals surface area contributed by atoms with Gasteiger partial charge in [0.15, 0.2) is 0 Å².